The first-order valence-corrected chi connectivity index (χ1v) is 6.29. The summed E-state index contributed by atoms with van der Waals surface area (Å²) in [5, 5.41) is 2.51. The highest BCUT2D eigenvalue weighted by Gasteiger charge is 2.17. The Bertz CT molecular complexity index is 650. The van der Waals surface area contributed by atoms with Gasteiger partial charge in [-0.25, -0.2) is 0 Å². The largest absolute Gasteiger partial charge is 0.481 e. The van der Waals surface area contributed by atoms with Crippen LogP contribution in [-0.2, 0) is 0 Å². The van der Waals surface area contributed by atoms with Crippen LogP contribution in [0.5, 0.6) is 5.75 Å². The fourth-order valence-electron chi connectivity index (χ4n) is 2.32. The van der Waals surface area contributed by atoms with Crippen LogP contribution in [0, 0.1) is 0 Å². The first-order chi connectivity index (χ1) is 8.79. The van der Waals surface area contributed by atoms with Gasteiger partial charge in [0, 0.05) is 5.56 Å². The van der Waals surface area contributed by atoms with Crippen molar-refractivity contribution in [3.63, 3.8) is 0 Å². The number of fused-ring (bicyclic) bond motifs is 3. The molecule has 1 atom stereocenters. The Morgan fingerprint density at radius 2 is 2.00 bits per heavy atom. The molecule has 0 amide bonds. The molecule has 0 radical (unpaired) electrons. The molecule has 0 saturated heterocycles. The molecule has 3 rings (SSSR count). The Kier molecular flexibility index (Phi) is 2.67. The standard InChI is InChI=1S/C17H16O/c1-3-12(2)16-11-9-15-14-7-5-4-6-13(14)8-10-17(15)18-16/h3-11,16H,1-2H3/b12-3+. The molecule has 90 valence electrons. The lowest BCUT2D eigenvalue weighted by atomic mass is 9.99. The van der Waals surface area contributed by atoms with E-state index in [4.69, 9.17) is 4.74 Å². The van der Waals surface area contributed by atoms with Crippen LogP contribution in [0.1, 0.15) is 19.4 Å². The second kappa shape index (κ2) is 4.34. The molecule has 1 aliphatic heterocycles. The van der Waals surface area contributed by atoms with Gasteiger partial charge in [-0.15, -0.1) is 0 Å². The number of hydrogen-bond donors (Lipinski definition) is 0. The Hall–Kier alpha value is -2.02. The van der Waals surface area contributed by atoms with Gasteiger partial charge in [-0.2, -0.15) is 0 Å². The second-order valence-electron chi connectivity index (χ2n) is 4.63. The van der Waals surface area contributed by atoms with Crippen molar-refractivity contribution in [2.24, 2.45) is 0 Å². The summed E-state index contributed by atoms with van der Waals surface area (Å²) >= 11 is 0. The molecule has 1 nitrogen and oxygen atoms in total. The fraction of sp³-hybridized carbons (Fsp3) is 0.176. The third kappa shape index (κ3) is 1.72. The van der Waals surface area contributed by atoms with Crippen LogP contribution in [0.25, 0.3) is 16.8 Å². The van der Waals surface area contributed by atoms with Gasteiger partial charge in [-0.3, -0.25) is 0 Å². The molecule has 0 saturated carbocycles. The summed E-state index contributed by atoms with van der Waals surface area (Å²) in [7, 11) is 0. The molecular weight excluding hydrogens is 220 g/mol. The van der Waals surface area contributed by atoms with E-state index >= 15 is 0 Å². The number of hydrogen-bond acceptors (Lipinski definition) is 1. The summed E-state index contributed by atoms with van der Waals surface area (Å²) in [6.07, 6.45) is 6.48. The maximum absolute atomic E-state index is 6.04. The van der Waals surface area contributed by atoms with Crippen molar-refractivity contribution < 1.29 is 4.74 Å². The highest BCUT2D eigenvalue weighted by molar-refractivity contribution is 5.93. The average Bonchev–Trinajstić information content (AvgIpc) is 2.45. The van der Waals surface area contributed by atoms with Crippen LogP contribution < -0.4 is 4.74 Å². The van der Waals surface area contributed by atoms with Gasteiger partial charge in [-0.05, 0) is 42.3 Å². The quantitative estimate of drug-likeness (QED) is 0.658. The minimum atomic E-state index is 0.0728. The van der Waals surface area contributed by atoms with Crippen LogP contribution in [0.3, 0.4) is 0 Å². The van der Waals surface area contributed by atoms with Crippen LogP contribution in [0.15, 0.2) is 54.1 Å². The Morgan fingerprint density at radius 1 is 1.17 bits per heavy atom. The zero-order valence-electron chi connectivity index (χ0n) is 10.7. The molecule has 1 aliphatic rings. The molecule has 1 heterocycles. The summed E-state index contributed by atoms with van der Waals surface area (Å²) < 4.78 is 6.04. The van der Waals surface area contributed by atoms with Crippen LogP contribution >= 0.6 is 0 Å². The zero-order chi connectivity index (χ0) is 12.5. The predicted molar refractivity (Wildman–Crippen MR) is 76.8 cm³/mol. The predicted octanol–water partition coefficient (Wildman–Crippen LogP) is 4.58. The third-order valence-corrected chi connectivity index (χ3v) is 3.53. The first-order valence-electron chi connectivity index (χ1n) is 6.29. The lowest BCUT2D eigenvalue weighted by Gasteiger charge is -2.23. The minimum Gasteiger partial charge on any atom is -0.481 e. The normalized spacial score (nSPS) is 18.6. The van der Waals surface area contributed by atoms with Crippen molar-refractivity contribution in [2.45, 2.75) is 20.0 Å². The van der Waals surface area contributed by atoms with Crippen molar-refractivity contribution in [3.8, 4) is 5.75 Å². The lowest BCUT2D eigenvalue weighted by molar-refractivity contribution is 0.280. The van der Waals surface area contributed by atoms with Crippen molar-refractivity contribution >= 4 is 16.8 Å². The zero-order valence-corrected chi connectivity index (χ0v) is 10.7. The minimum absolute atomic E-state index is 0.0728. The molecule has 1 unspecified atom stereocenters. The number of allylic oxidation sites excluding steroid dienone is 1. The topological polar surface area (TPSA) is 9.23 Å². The monoisotopic (exact) mass is 236 g/mol. The molecule has 0 fully saturated rings. The van der Waals surface area contributed by atoms with Gasteiger partial charge in [0.05, 0.1) is 0 Å². The van der Waals surface area contributed by atoms with Gasteiger partial charge < -0.3 is 4.74 Å². The maximum Gasteiger partial charge on any atom is 0.138 e. The highest BCUT2D eigenvalue weighted by Crippen LogP contribution is 2.34. The van der Waals surface area contributed by atoms with E-state index in [-0.39, 0.29) is 6.10 Å². The average molecular weight is 236 g/mol. The molecule has 2 aromatic rings. The number of rotatable bonds is 1. The van der Waals surface area contributed by atoms with Gasteiger partial charge in [0.2, 0.25) is 0 Å². The van der Waals surface area contributed by atoms with E-state index in [1.165, 1.54) is 21.9 Å². The summed E-state index contributed by atoms with van der Waals surface area (Å²) in [5.74, 6) is 0.974. The first kappa shape index (κ1) is 11.1. The molecule has 0 spiro atoms. The van der Waals surface area contributed by atoms with E-state index in [9.17, 15) is 0 Å². The maximum atomic E-state index is 6.04. The highest BCUT2D eigenvalue weighted by atomic mass is 16.5. The van der Waals surface area contributed by atoms with E-state index in [2.05, 4.69) is 61.5 Å². The van der Waals surface area contributed by atoms with E-state index in [1.807, 2.05) is 6.92 Å². The summed E-state index contributed by atoms with van der Waals surface area (Å²) in [5.41, 5.74) is 2.43. The van der Waals surface area contributed by atoms with E-state index in [0.29, 0.717) is 0 Å². The molecule has 0 bridgehead atoms. The van der Waals surface area contributed by atoms with E-state index < -0.39 is 0 Å². The number of ether oxygens (including phenoxy) is 1. The second-order valence-corrected chi connectivity index (χ2v) is 4.63. The Labute approximate surface area is 107 Å². The van der Waals surface area contributed by atoms with Gasteiger partial charge in [0.25, 0.3) is 0 Å². The summed E-state index contributed by atoms with van der Waals surface area (Å²) in [6, 6.07) is 12.6. The third-order valence-electron chi connectivity index (χ3n) is 3.53. The number of benzene rings is 2. The van der Waals surface area contributed by atoms with Crippen LogP contribution in [0.2, 0.25) is 0 Å². The molecular formula is C17H16O. The van der Waals surface area contributed by atoms with E-state index in [1.54, 1.807) is 0 Å². The van der Waals surface area contributed by atoms with Gasteiger partial charge in [-0.1, -0.05) is 42.5 Å². The molecule has 0 aromatic heterocycles. The van der Waals surface area contributed by atoms with Gasteiger partial charge >= 0.3 is 0 Å². The molecule has 18 heavy (non-hydrogen) atoms. The van der Waals surface area contributed by atoms with E-state index in [0.717, 1.165) is 5.75 Å². The van der Waals surface area contributed by atoms with Crippen molar-refractivity contribution in [2.75, 3.05) is 0 Å². The molecule has 1 heteroatoms. The van der Waals surface area contributed by atoms with Crippen molar-refractivity contribution in [1.29, 1.82) is 0 Å². The van der Waals surface area contributed by atoms with Gasteiger partial charge in [0.1, 0.15) is 11.9 Å². The van der Waals surface area contributed by atoms with Gasteiger partial charge in [0.15, 0.2) is 0 Å². The molecule has 0 aliphatic carbocycles. The Balaban J connectivity index is 2.12. The Morgan fingerprint density at radius 3 is 2.83 bits per heavy atom. The molecule has 0 N–H and O–H groups in total. The SMILES string of the molecule is C/C=C(\C)C1C=Cc2c(ccc3ccccc23)O1. The molecule has 2 aromatic carbocycles. The lowest BCUT2D eigenvalue weighted by Crippen LogP contribution is -2.18. The summed E-state index contributed by atoms with van der Waals surface area (Å²) in [6.45, 7) is 4.14. The van der Waals surface area contributed by atoms with Crippen molar-refractivity contribution in [1.82, 2.24) is 0 Å². The smallest absolute Gasteiger partial charge is 0.138 e. The van der Waals surface area contributed by atoms with Crippen LogP contribution in [0.4, 0.5) is 0 Å². The van der Waals surface area contributed by atoms with Crippen molar-refractivity contribution in [3.05, 3.63) is 59.7 Å². The fourth-order valence-corrected chi connectivity index (χ4v) is 2.32. The van der Waals surface area contributed by atoms with Crippen LogP contribution in [-0.4, -0.2) is 6.10 Å². The summed E-state index contributed by atoms with van der Waals surface area (Å²) in [4.78, 5) is 0.